The first-order valence-corrected chi connectivity index (χ1v) is 10.4. The number of amides is 1. The molecule has 154 valence electrons. The zero-order valence-corrected chi connectivity index (χ0v) is 18.1. The Balaban J connectivity index is 1.94. The van der Waals surface area contributed by atoms with E-state index in [4.69, 9.17) is 10.3 Å². The van der Waals surface area contributed by atoms with E-state index in [1.807, 2.05) is 13.1 Å². The van der Waals surface area contributed by atoms with E-state index in [1.165, 1.54) is 0 Å². The van der Waals surface area contributed by atoms with Crippen LogP contribution in [0.15, 0.2) is 10.6 Å². The fourth-order valence-corrected chi connectivity index (χ4v) is 3.39. The molecule has 0 aromatic carbocycles. The molecule has 1 unspecified atom stereocenters. The fraction of sp³-hybridized carbons (Fsp3) is 0.682. The van der Waals surface area contributed by atoms with Gasteiger partial charge in [-0.3, -0.25) is 4.79 Å². The molecule has 6 heteroatoms. The van der Waals surface area contributed by atoms with Gasteiger partial charge in [-0.25, -0.2) is 4.98 Å². The van der Waals surface area contributed by atoms with Crippen molar-refractivity contribution in [2.75, 3.05) is 13.6 Å². The van der Waals surface area contributed by atoms with Gasteiger partial charge in [0.1, 0.15) is 0 Å². The minimum Gasteiger partial charge on any atom is -0.342 e. The molecule has 0 saturated heterocycles. The van der Waals surface area contributed by atoms with Crippen LogP contribution in [-0.4, -0.2) is 40.6 Å². The topological polar surface area (TPSA) is 85.2 Å². The van der Waals surface area contributed by atoms with E-state index >= 15 is 0 Å². The lowest BCUT2D eigenvalue weighted by atomic mass is 9.89. The molecular formula is C22H34N4O2. The van der Waals surface area contributed by atoms with Crippen LogP contribution in [0.2, 0.25) is 0 Å². The van der Waals surface area contributed by atoms with Gasteiger partial charge in [0.25, 0.3) is 11.6 Å². The Morgan fingerprint density at radius 1 is 1.36 bits per heavy atom. The van der Waals surface area contributed by atoms with Crippen LogP contribution in [0.25, 0.3) is 11.1 Å². The molecule has 3 rings (SSSR count). The second-order valence-corrected chi connectivity index (χ2v) is 9.84. The number of nitrogens with two attached hydrogens (primary N) is 1. The van der Waals surface area contributed by atoms with Crippen LogP contribution in [0.1, 0.15) is 81.5 Å². The molecule has 0 aliphatic heterocycles. The number of carbonyl (C=O) groups excluding carboxylic acids is 1. The smallest absolute Gasteiger partial charge is 0.259 e. The molecule has 2 heterocycles. The Hall–Kier alpha value is -1.95. The second-order valence-electron chi connectivity index (χ2n) is 9.84. The van der Waals surface area contributed by atoms with Crippen LogP contribution in [0.3, 0.4) is 0 Å². The van der Waals surface area contributed by atoms with Crippen LogP contribution in [-0.2, 0) is 6.42 Å². The van der Waals surface area contributed by atoms with Gasteiger partial charge in [0.05, 0.1) is 16.6 Å². The highest BCUT2D eigenvalue weighted by Gasteiger charge is 2.30. The Labute approximate surface area is 167 Å². The lowest BCUT2D eigenvalue weighted by Crippen LogP contribution is -2.34. The summed E-state index contributed by atoms with van der Waals surface area (Å²) in [6.45, 7) is 11.3. The number of aromatic nitrogens is 2. The Bertz CT molecular complexity index is 846. The minimum absolute atomic E-state index is 0.0105. The van der Waals surface area contributed by atoms with Gasteiger partial charge in [-0.2, -0.15) is 0 Å². The summed E-state index contributed by atoms with van der Waals surface area (Å²) in [6, 6.07) is 2.05. The number of pyridine rings is 1. The predicted molar refractivity (Wildman–Crippen MR) is 111 cm³/mol. The molecule has 1 atom stereocenters. The highest BCUT2D eigenvalue weighted by atomic mass is 16.5. The summed E-state index contributed by atoms with van der Waals surface area (Å²) >= 11 is 0. The van der Waals surface area contributed by atoms with Crippen LogP contribution in [0, 0.1) is 11.3 Å². The Morgan fingerprint density at radius 3 is 2.61 bits per heavy atom. The SMILES string of the molecule is CC(C)C(N)CCN(C)C(=O)c1cc(C2CC2)nc2onc(CC(C)(C)C)c12. The molecule has 2 N–H and O–H groups in total. The van der Waals surface area contributed by atoms with Crippen molar-refractivity contribution in [2.45, 2.75) is 72.3 Å². The van der Waals surface area contributed by atoms with E-state index in [-0.39, 0.29) is 17.4 Å². The van der Waals surface area contributed by atoms with Crippen molar-refractivity contribution < 1.29 is 9.32 Å². The molecule has 2 aromatic rings. The van der Waals surface area contributed by atoms with Crippen LogP contribution >= 0.6 is 0 Å². The Morgan fingerprint density at radius 2 is 2.04 bits per heavy atom. The van der Waals surface area contributed by atoms with Crippen LogP contribution < -0.4 is 5.73 Å². The maximum atomic E-state index is 13.3. The van der Waals surface area contributed by atoms with Gasteiger partial charge in [-0.15, -0.1) is 0 Å². The largest absolute Gasteiger partial charge is 0.342 e. The van der Waals surface area contributed by atoms with Crippen molar-refractivity contribution in [3.63, 3.8) is 0 Å². The monoisotopic (exact) mass is 386 g/mol. The molecule has 1 fully saturated rings. The van der Waals surface area contributed by atoms with Gasteiger partial charge >= 0.3 is 0 Å². The summed E-state index contributed by atoms with van der Waals surface area (Å²) in [4.78, 5) is 19.8. The summed E-state index contributed by atoms with van der Waals surface area (Å²) in [5.74, 6) is 0.824. The predicted octanol–water partition coefficient (Wildman–Crippen LogP) is 4.13. The lowest BCUT2D eigenvalue weighted by molar-refractivity contribution is 0.0790. The molecule has 28 heavy (non-hydrogen) atoms. The van der Waals surface area contributed by atoms with Crippen LogP contribution in [0.5, 0.6) is 0 Å². The molecule has 0 spiro atoms. The zero-order chi connectivity index (χ0) is 20.6. The third-order valence-corrected chi connectivity index (χ3v) is 5.46. The maximum absolute atomic E-state index is 13.3. The van der Waals surface area contributed by atoms with Crippen molar-refractivity contribution in [2.24, 2.45) is 17.1 Å². The minimum atomic E-state index is -0.0105. The maximum Gasteiger partial charge on any atom is 0.259 e. The van der Waals surface area contributed by atoms with Gasteiger partial charge in [0.15, 0.2) is 0 Å². The first-order chi connectivity index (χ1) is 13.1. The Kier molecular flexibility index (Phi) is 5.80. The average Bonchev–Trinajstić information content (AvgIpc) is 3.39. The summed E-state index contributed by atoms with van der Waals surface area (Å²) in [7, 11) is 1.84. The lowest BCUT2D eigenvalue weighted by Gasteiger charge is -2.22. The van der Waals surface area contributed by atoms with E-state index in [2.05, 4.69) is 44.8 Å². The first kappa shape index (κ1) is 20.8. The number of hydrogen-bond acceptors (Lipinski definition) is 5. The first-order valence-electron chi connectivity index (χ1n) is 10.4. The quantitative estimate of drug-likeness (QED) is 0.773. The molecule has 0 bridgehead atoms. The van der Waals surface area contributed by atoms with E-state index in [0.717, 1.165) is 42.5 Å². The van der Waals surface area contributed by atoms with Crippen molar-refractivity contribution in [1.29, 1.82) is 0 Å². The van der Waals surface area contributed by atoms with Gasteiger partial charge in [-0.05, 0) is 43.1 Å². The van der Waals surface area contributed by atoms with Crippen molar-refractivity contribution in [1.82, 2.24) is 15.0 Å². The van der Waals surface area contributed by atoms with E-state index < -0.39 is 0 Å². The summed E-state index contributed by atoms with van der Waals surface area (Å²) < 4.78 is 5.56. The molecule has 1 amide bonds. The number of fused-ring (bicyclic) bond motifs is 1. The highest BCUT2D eigenvalue weighted by Crippen LogP contribution is 2.41. The molecule has 0 radical (unpaired) electrons. The molecule has 2 aromatic heterocycles. The second kappa shape index (κ2) is 7.82. The van der Waals surface area contributed by atoms with Gasteiger partial charge in [-0.1, -0.05) is 39.8 Å². The summed E-state index contributed by atoms with van der Waals surface area (Å²) in [5, 5.41) is 5.04. The standard InChI is InChI=1S/C22H34N4O2/c1-13(2)16(23)9-10-26(6)21(27)15-11-17(14-7-8-14)24-20-19(15)18(25-28-20)12-22(3,4)5/h11,13-14,16H,7-10,12,23H2,1-6H3. The summed E-state index contributed by atoms with van der Waals surface area (Å²) in [5.41, 5.74) is 9.11. The molecule has 1 aliphatic rings. The molecule has 1 saturated carbocycles. The van der Waals surface area contributed by atoms with Crippen molar-refractivity contribution in [3.8, 4) is 0 Å². The van der Waals surface area contributed by atoms with Crippen molar-refractivity contribution >= 4 is 17.0 Å². The third kappa shape index (κ3) is 4.72. The normalized spacial score (nSPS) is 16.0. The molecule has 1 aliphatic carbocycles. The van der Waals surface area contributed by atoms with Gasteiger partial charge in [0, 0.05) is 31.2 Å². The average molecular weight is 387 g/mol. The number of nitrogens with zero attached hydrogens (tertiary/aromatic N) is 3. The molecule has 6 nitrogen and oxygen atoms in total. The third-order valence-electron chi connectivity index (χ3n) is 5.46. The summed E-state index contributed by atoms with van der Waals surface area (Å²) in [6.07, 6.45) is 3.75. The van der Waals surface area contributed by atoms with E-state index in [0.29, 0.717) is 29.7 Å². The van der Waals surface area contributed by atoms with Crippen molar-refractivity contribution in [3.05, 3.63) is 23.0 Å². The van der Waals surface area contributed by atoms with Gasteiger partial charge < -0.3 is 15.2 Å². The number of rotatable bonds is 7. The van der Waals surface area contributed by atoms with Crippen LogP contribution in [0.4, 0.5) is 0 Å². The van der Waals surface area contributed by atoms with Gasteiger partial charge in [0.2, 0.25) is 0 Å². The highest BCUT2D eigenvalue weighted by molar-refractivity contribution is 6.06. The number of hydrogen-bond donors (Lipinski definition) is 1. The zero-order valence-electron chi connectivity index (χ0n) is 18.1. The van der Waals surface area contributed by atoms with E-state index in [9.17, 15) is 4.79 Å². The fourth-order valence-electron chi connectivity index (χ4n) is 3.39. The molecular weight excluding hydrogens is 352 g/mol. The van der Waals surface area contributed by atoms with E-state index in [1.54, 1.807) is 4.90 Å². The number of carbonyl (C=O) groups is 1.